The molecule has 4 aliphatic rings. The second kappa shape index (κ2) is 6.86. The Morgan fingerprint density at radius 2 is 1.54 bits per heavy atom. The minimum Gasteiger partial charge on any atom is -0.335 e. The number of rotatable bonds is 4. The highest BCUT2D eigenvalue weighted by Crippen LogP contribution is 2.40. The van der Waals surface area contributed by atoms with Crippen LogP contribution >= 0.6 is 0 Å². The van der Waals surface area contributed by atoms with Gasteiger partial charge in [-0.05, 0) is 38.5 Å². The van der Waals surface area contributed by atoms with Crippen LogP contribution in [0.15, 0.2) is 0 Å². The van der Waals surface area contributed by atoms with Crippen LogP contribution in [0.5, 0.6) is 0 Å². The zero-order valence-corrected chi connectivity index (χ0v) is 15.9. The van der Waals surface area contributed by atoms with E-state index >= 15 is 0 Å². The lowest BCUT2D eigenvalue weighted by Crippen LogP contribution is -2.51. The van der Waals surface area contributed by atoms with Crippen LogP contribution in [0.2, 0.25) is 0 Å². The van der Waals surface area contributed by atoms with Crippen LogP contribution in [0.3, 0.4) is 0 Å². The van der Waals surface area contributed by atoms with E-state index in [0.29, 0.717) is 12.1 Å². The van der Waals surface area contributed by atoms with E-state index in [2.05, 4.69) is 0 Å². The van der Waals surface area contributed by atoms with Gasteiger partial charge in [0.25, 0.3) is 5.91 Å². The molecular weight excluding hydrogens is 330 g/mol. The van der Waals surface area contributed by atoms with E-state index in [1.807, 2.05) is 4.90 Å². The summed E-state index contributed by atoms with van der Waals surface area (Å²) < 4.78 is 0. The first-order valence-corrected chi connectivity index (χ1v) is 10.5. The summed E-state index contributed by atoms with van der Waals surface area (Å²) in [6.45, 7) is -0.0727. The summed E-state index contributed by atoms with van der Waals surface area (Å²) in [5.74, 6) is -0.167. The van der Waals surface area contributed by atoms with Gasteiger partial charge in [0.15, 0.2) is 0 Å². The SMILES string of the molecule is CN1C(=O)N(CC(=O)N(C2CCCCC2)C2CC2)C(=O)C12CCCCC2. The molecule has 0 radical (unpaired) electrons. The molecule has 4 amide bonds. The lowest BCUT2D eigenvalue weighted by atomic mass is 9.81. The summed E-state index contributed by atoms with van der Waals surface area (Å²) in [5, 5.41) is 0. The Kier molecular flexibility index (Phi) is 4.70. The summed E-state index contributed by atoms with van der Waals surface area (Å²) in [4.78, 5) is 43.9. The van der Waals surface area contributed by atoms with Crippen LogP contribution in [-0.2, 0) is 9.59 Å². The van der Waals surface area contributed by atoms with Gasteiger partial charge in [-0.3, -0.25) is 14.5 Å². The van der Waals surface area contributed by atoms with Crippen molar-refractivity contribution in [1.82, 2.24) is 14.7 Å². The highest BCUT2D eigenvalue weighted by atomic mass is 16.2. The predicted molar refractivity (Wildman–Crippen MR) is 97.4 cm³/mol. The third kappa shape index (κ3) is 2.91. The first-order valence-electron chi connectivity index (χ1n) is 10.5. The molecule has 6 heteroatoms. The summed E-state index contributed by atoms with van der Waals surface area (Å²) in [5.41, 5.74) is -0.690. The van der Waals surface area contributed by atoms with Gasteiger partial charge in [0.2, 0.25) is 5.91 Å². The molecule has 0 bridgehead atoms. The Hall–Kier alpha value is -1.59. The van der Waals surface area contributed by atoms with Gasteiger partial charge in [-0.15, -0.1) is 0 Å². The largest absolute Gasteiger partial charge is 0.335 e. The quantitative estimate of drug-likeness (QED) is 0.724. The van der Waals surface area contributed by atoms with Gasteiger partial charge in [-0.2, -0.15) is 0 Å². The molecule has 0 atom stereocenters. The first-order chi connectivity index (χ1) is 12.5. The molecule has 0 aromatic rings. The third-order valence-electron chi connectivity index (χ3n) is 6.97. The first kappa shape index (κ1) is 17.8. The minimum atomic E-state index is -0.690. The Bertz CT molecular complexity index is 589. The molecule has 3 saturated carbocycles. The lowest BCUT2D eigenvalue weighted by molar-refractivity contribution is -0.142. The molecule has 6 nitrogen and oxygen atoms in total. The third-order valence-corrected chi connectivity index (χ3v) is 6.97. The number of carbonyl (C=O) groups is 3. The van der Waals surface area contributed by atoms with Crippen molar-refractivity contribution < 1.29 is 14.4 Å². The number of hydrogen-bond donors (Lipinski definition) is 0. The van der Waals surface area contributed by atoms with Crippen molar-refractivity contribution in [2.75, 3.05) is 13.6 Å². The number of hydrogen-bond acceptors (Lipinski definition) is 3. The molecule has 0 aromatic heterocycles. The normalized spacial score (nSPS) is 26.7. The summed E-state index contributed by atoms with van der Waals surface area (Å²) in [7, 11) is 1.73. The van der Waals surface area contributed by atoms with Gasteiger partial charge < -0.3 is 9.80 Å². The highest BCUT2D eigenvalue weighted by molar-refractivity contribution is 6.09. The molecule has 1 aliphatic heterocycles. The van der Waals surface area contributed by atoms with Gasteiger partial charge in [0.1, 0.15) is 12.1 Å². The minimum absolute atomic E-state index is 0.0256. The summed E-state index contributed by atoms with van der Waals surface area (Å²) in [6, 6.07) is 0.349. The van der Waals surface area contributed by atoms with E-state index in [0.717, 1.165) is 57.8 Å². The molecule has 26 heavy (non-hydrogen) atoms. The number of imide groups is 1. The maximum atomic E-state index is 13.1. The molecule has 0 unspecified atom stereocenters. The van der Waals surface area contributed by atoms with Crippen molar-refractivity contribution in [3.63, 3.8) is 0 Å². The van der Waals surface area contributed by atoms with Gasteiger partial charge in [-0.25, -0.2) is 4.79 Å². The number of carbonyl (C=O) groups excluding carboxylic acids is 3. The summed E-state index contributed by atoms with van der Waals surface area (Å²) in [6.07, 6.45) is 12.4. The van der Waals surface area contributed by atoms with Crippen LogP contribution in [-0.4, -0.2) is 63.8 Å². The van der Waals surface area contributed by atoms with Crippen LogP contribution in [0.1, 0.15) is 77.0 Å². The molecule has 3 aliphatic carbocycles. The molecule has 0 aromatic carbocycles. The van der Waals surface area contributed by atoms with E-state index in [9.17, 15) is 14.4 Å². The fourth-order valence-electron chi connectivity index (χ4n) is 5.31. The average Bonchev–Trinajstić information content (AvgIpc) is 3.48. The van der Waals surface area contributed by atoms with Crippen molar-refractivity contribution >= 4 is 17.8 Å². The van der Waals surface area contributed by atoms with Crippen LogP contribution < -0.4 is 0 Å². The molecular formula is C20H31N3O3. The van der Waals surface area contributed by atoms with E-state index in [4.69, 9.17) is 0 Å². The monoisotopic (exact) mass is 361 g/mol. The molecule has 4 rings (SSSR count). The van der Waals surface area contributed by atoms with E-state index in [1.54, 1.807) is 11.9 Å². The number of amides is 4. The summed E-state index contributed by atoms with van der Waals surface area (Å²) >= 11 is 0. The highest BCUT2D eigenvalue weighted by Gasteiger charge is 2.56. The Labute approximate surface area is 155 Å². The fraction of sp³-hybridized carbons (Fsp3) is 0.850. The van der Waals surface area contributed by atoms with Gasteiger partial charge in [0.05, 0.1) is 0 Å². The maximum absolute atomic E-state index is 13.1. The molecule has 1 saturated heterocycles. The molecule has 0 N–H and O–H groups in total. The van der Waals surface area contributed by atoms with Gasteiger partial charge in [0, 0.05) is 19.1 Å². The fourth-order valence-corrected chi connectivity index (χ4v) is 5.31. The van der Waals surface area contributed by atoms with Crippen molar-refractivity contribution in [2.24, 2.45) is 0 Å². The van der Waals surface area contributed by atoms with Crippen molar-refractivity contribution in [3.05, 3.63) is 0 Å². The Morgan fingerprint density at radius 3 is 2.15 bits per heavy atom. The molecule has 1 heterocycles. The van der Waals surface area contributed by atoms with Gasteiger partial charge in [-0.1, -0.05) is 38.5 Å². The molecule has 4 fully saturated rings. The molecule has 1 spiro atoms. The topological polar surface area (TPSA) is 60.9 Å². The number of urea groups is 1. The van der Waals surface area contributed by atoms with Crippen LogP contribution in [0, 0.1) is 0 Å². The Morgan fingerprint density at radius 1 is 0.962 bits per heavy atom. The van der Waals surface area contributed by atoms with E-state index in [1.165, 1.54) is 24.2 Å². The van der Waals surface area contributed by atoms with Crippen LogP contribution in [0.4, 0.5) is 4.79 Å². The second-order valence-electron chi connectivity index (χ2n) is 8.65. The Balaban J connectivity index is 1.49. The average molecular weight is 361 g/mol. The smallest absolute Gasteiger partial charge is 0.327 e. The van der Waals surface area contributed by atoms with Crippen molar-refractivity contribution in [2.45, 2.75) is 94.7 Å². The van der Waals surface area contributed by atoms with E-state index in [-0.39, 0.29) is 24.4 Å². The van der Waals surface area contributed by atoms with Crippen LogP contribution in [0.25, 0.3) is 0 Å². The van der Waals surface area contributed by atoms with E-state index < -0.39 is 5.54 Å². The van der Waals surface area contributed by atoms with Crippen molar-refractivity contribution in [1.29, 1.82) is 0 Å². The second-order valence-corrected chi connectivity index (χ2v) is 8.65. The number of likely N-dealkylation sites (N-methyl/N-ethyl adjacent to an activating group) is 1. The zero-order chi connectivity index (χ0) is 18.3. The number of nitrogens with zero attached hydrogens (tertiary/aromatic N) is 3. The lowest BCUT2D eigenvalue weighted by Gasteiger charge is -2.36. The zero-order valence-electron chi connectivity index (χ0n) is 15.9. The molecule has 144 valence electrons. The van der Waals surface area contributed by atoms with Crippen molar-refractivity contribution in [3.8, 4) is 0 Å². The standard InChI is InChI=1S/C20H31N3O3/c1-21-19(26)22(18(25)20(21)12-6-3-7-13-20)14-17(24)23(16-10-11-16)15-8-4-2-5-9-15/h15-16H,2-14H2,1H3. The predicted octanol–water partition coefficient (Wildman–Crippen LogP) is 2.91. The van der Waals surface area contributed by atoms with Gasteiger partial charge >= 0.3 is 6.03 Å². The maximum Gasteiger partial charge on any atom is 0.327 e.